The molecule has 1 radical (unpaired) electrons. The van der Waals surface area contributed by atoms with E-state index in [2.05, 4.69) is 30.5 Å². The molecule has 1 fully saturated rings. The Kier molecular flexibility index (Phi) is 11.1. The minimum atomic E-state index is -1.39. The van der Waals surface area contributed by atoms with Gasteiger partial charge in [0.05, 0.1) is 35.4 Å². The average molecular weight is 671 g/mol. The van der Waals surface area contributed by atoms with Crippen LogP contribution in [0.1, 0.15) is 74.9 Å². The SMILES string of the molecule is CC(=O)Nc1nc(CCSc2ccccc2)c2ncn(C3([Si](C)C)O[C@H](COC(C)(C)C)[C@@H](OC(C)(C)C)[C@H]3OC(C)(C)C)c2n1. The van der Waals surface area contributed by atoms with Gasteiger partial charge in [0.2, 0.25) is 11.9 Å². The van der Waals surface area contributed by atoms with Gasteiger partial charge in [-0.15, -0.1) is 11.8 Å². The van der Waals surface area contributed by atoms with E-state index in [0.29, 0.717) is 24.2 Å². The van der Waals surface area contributed by atoms with Crippen LogP contribution in [-0.4, -0.2) is 81.7 Å². The minimum absolute atomic E-state index is 0.235. The van der Waals surface area contributed by atoms with Crippen molar-refractivity contribution < 1.29 is 23.7 Å². The first-order valence-corrected chi connectivity index (χ1v) is 19.5. The van der Waals surface area contributed by atoms with Crippen molar-refractivity contribution in [1.29, 1.82) is 0 Å². The minimum Gasteiger partial charge on any atom is -0.373 e. The lowest BCUT2D eigenvalue weighted by atomic mass is 10.1. The maximum absolute atomic E-state index is 12.2. The van der Waals surface area contributed by atoms with Gasteiger partial charge < -0.3 is 18.9 Å². The number of hydrogen-bond acceptors (Lipinski definition) is 9. The summed E-state index contributed by atoms with van der Waals surface area (Å²) < 4.78 is 29.3. The molecular formula is C34H52N5O5SSi. The second-order valence-corrected chi connectivity index (χ2v) is 18.9. The summed E-state index contributed by atoms with van der Waals surface area (Å²) in [6, 6.07) is 10.3. The van der Waals surface area contributed by atoms with E-state index in [9.17, 15) is 4.79 Å². The first-order valence-electron chi connectivity index (χ1n) is 16.0. The fourth-order valence-electron chi connectivity index (χ4n) is 5.53. The molecule has 3 heterocycles. The zero-order chi connectivity index (χ0) is 34.1. The van der Waals surface area contributed by atoms with E-state index in [1.165, 1.54) is 11.8 Å². The molecule has 4 rings (SSSR count). The maximum atomic E-state index is 12.2. The molecule has 1 unspecified atom stereocenters. The van der Waals surface area contributed by atoms with E-state index in [4.69, 9.17) is 33.9 Å². The Bertz CT molecular complexity index is 1480. The molecule has 46 heavy (non-hydrogen) atoms. The highest BCUT2D eigenvalue weighted by Crippen LogP contribution is 2.45. The van der Waals surface area contributed by atoms with Crippen molar-refractivity contribution in [2.24, 2.45) is 0 Å². The maximum Gasteiger partial charge on any atom is 0.231 e. The highest BCUT2D eigenvalue weighted by atomic mass is 32.2. The Morgan fingerprint density at radius 2 is 1.65 bits per heavy atom. The van der Waals surface area contributed by atoms with Crippen LogP contribution in [0.2, 0.25) is 13.1 Å². The quantitative estimate of drug-likeness (QED) is 0.177. The van der Waals surface area contributed by atoms with Gasteiger partial charge in [-0.05, 0) is 74.4 Å². The van der Waals surface area contributed by atoms with Gasteiger partial charge in [-0.3, -0.25) is 14.7 Å². The largest absolute Gasteiger partial charge is 0.373 e. The molecule has 0 spiro atoms. The van der Waals surface area contributed by atoms with Crippen LogP contribution in [0, 0.1) is 0 Å². The Labute approximate surface area is 280 Å². The third-order valence-corrected chi connectivity index (χ3v) is 10.3. The summed E-state index contributed by atoms with van der Waals surface area (Å²) in [5, 5.41) is 1.83. The summed E-state index contributed by atoms with van der Waals surface area (Å²) in [5.74, 6) is 0.771. The lowest BCUT2D eigenvalue weighted by molar-refractivity contribution is -0.174. The van der Waals surface area contributed by atoms with Crippen molar-refractivity contribution in [2.75, 3.05) is 17.7 Å². The van der Waals surface area contributed by atoms with E-state index in [0.717, 1.165) is 11.4 Å². The van der Waals surface area contributed by atoms with Crippen molar-refractivity contribution in [3.05, 3.63) is 42.4 Å². The molecular weight excluding hydrogens is 619 g/mol. The molecule has 12 heteroatoms. The van der Waals surface area contributed by atoms with E-state index in [-0.39, 0.29) is 17.5 Å². The topological polar surface area (TPSA) is 110 Å². The first kappa shape index (κ1) is 36.5. The Morgan fingerprint density at radius 3 is 2.22 bits per heavy atom. The summed E-state index contributed by atoms with van der Waals surface area (Å²) in [5.41, 5.74) is 0.656. The standard InChI is InChI=1S/C34H52N5O5SSi/c1-22(40)36-30-37-24(18-19-45-23-16-14-13-15-17-23)26-29(38-30)39(21-35-26)34(46(11)12)28(44-33(8,9)10)27(43-32(5,6)7)25(42-34)20-41-31(2,3)4/h13-17,21,25,27-28H,18-20H2,1-12H3,(H,36,37,38,40)/t25-,27-,28-,34?/m1/s1. The summed E-state index contributed by atoms with van der Waals surface area (Å²) in [6.07, 6.45) is 1.03. The van der Waals surface area contributed by atoms with Gasteiger partial charge in [0.15, 0.2) is 11.0 Å². The number of aryl methyl sites for hydroxylation is 1. The summed E-state index contributed by atoms with van der Waals surface area (Å²) in [4.78, 5) is 27.9. The van der Waals surface area contributed by atoms with Gasteiger partial charge in [0.1, 0.15) is 32.6 Å². The predicted octanol–water partition coefficient (Wildman–Crippen LogP) is 6.65. The number of hydrogen-bond donors (Lipinski definition) is 1. The van der Waals surface area contributed by atoms with Crippen LogP contribution < -0.4 is 5.32 Å². The number of thioether (sulfide) groups is 1. The van der Waals surface area contributed by atoms with Gasteiger partial charge in [-0.2, -0.15) is 4.98 Å². The van der Waals surface area contributed by atoms with Gasteiger partial charge in [-0.1, -0.05) is 31.3 Å². The molecule has 4 atom stereocenters. The number of carbonyl (C=O) groups is 1. The second kappa shape index (κ2) is 14.0. The van der Waals surface area contributed by atoms with Gasteiger partial charge in [-0.25, -0.2) is 9.97 Å². The molecule has 0 saturated carbocycles. The van der Waals surface area contributed by atoms with Crippen molar-refractivity contribution in [3.8, 4) is 0 Å². The lowest BCUT2D eigenvalue weighted by Gasteiger charge is -2.42. The van der Waals surface area contributed by atoms with Crippen LogP contribution in [0.4, 0.5) is 5.95 Å². The van der Waals surface area contributed by atoms with Crippen molar-refractivity contribution in [3.63, 3.8) is 0 Å². The smallest absolute Gasteiger partial charge is 0.231 e. The number of ether oxygens (including phenoxy) is 4. The van der Waals surface area contributed by atoms with Crippen LogP contribution in [0.15, 0.2) is 41.6 Å². The number of benzene rings is 1. The summed E-state index contributed by atoms with van der Waals surface area (Å²) in [7, 11) is -1.39. The number of aromatic nitrogens is 4. The number of nitrogens with one attached hydrogen (secondary N) is 1. The molecule has 0 bridgehead atoms. The normalized spacial score (nSPS) is 22.6. The monoisotopic (exact) mass is 670 g/mol. The fraction of sp³-hybridized carbons (Fsp3) is 0.647. The second-order valence-electron chi connectivity index (χ2n) is 15.0. The van der Waals surface area contributed by atoms with Crippen LogP contribution in [0.5, 0.6) is 0 Å². The van der Waals surface area contributed by atoms with E-state index < -0.39 is 43.7 Å². The Balaban J connectivity index is 1.88. The molecule has 1 saturated heterocycles. The number of rotatable bonds is 11. The van der Waals surface area contributed by atoms with E-state index in [1.807, 2.05) is 85.1 Å². The molecule has 0 aliphatic carbocycles. The van der Waals surface area contributed by atoms with Crippen molar-refractivity contribution in [1.82, 2.24) is 19.5 Å². The average Bonchev–Trinajstić information content (AvgIpc) is 3.46. The van der Waals surface area contributed by atoms with E-state index >= 15 is 0 Å². The number of anilines is 1. The number of amides is 1. The van der Waals surface area contributed by atoms with Gasteiger partial charge in [0, 0.05) is 24.0 Å². The zero-order valence-corrected chi connectivity index (χ0v) is 31.4. The molecule has 1 aliphatic heterocycles. The zero-order valence-electron chi connectivity index (χ0n) is 29.6. The predicted molar refractivity (Wildman–Crippen MR) is 186 cm³/mol. The van der Waals surface area contributed by atoms with Crippen molar-refractivity contribution >= 4 is 43.6 Å². The Morgan fingerprint density at radius 1 is 1.00 bits per heavy atom. The fourth-order valence-corrected chi connectivity index (χ4v) is 8.23. The summed E-state index contributed by atoms with van der Waals surface area (Å²) in [6.45, 7) is 24.6. The highest BCUT2D eigenvalue weighted by molar-refractivity contribution is 7.99. The van der Waals surface area contributed by atoms with Crippen LogP contribution >= 0.6 is 11.8 Å². The molecule has 1 N–H and O–H groups in total. The number of fused-ring (bicyclic) bond motifs is 1. The molecule has 1 aliphatic rings. The molecule has 2 aromatic heterocycles. The van der Waals surface area contributed by atoms with Crippen LogP contribution in [-0.2, 0) is 35.5 Å². The molecule has 253 valence electrons. The summed E-state index contributed by atoms with van der Waals surface area (Å²) >= 11 is 1.75. The highest BCUT2D eigenvalue weighted by Gasteiger charge is 2.62. The molecule has 1 amide bonds. The lowest BCUT2D eigenvalue weighted by Crippen LogP contribution is -2.58. The van der Waals surface area contributed by atoms with Gasteiger partial charge >= 0.3 is 0 Å². The third kappa shape index (κ3) is 8.96. The molecule has 1 aromatic carbocycles. The van der Waals surface area contributed by atoms with E-state index in [1.54, 1.807) is 18.1 Å². The molecule has 3 aromatic rings. The van der Waals surface area contributed by atoms with Crippen LogP contribution in [0.25, 0.3) is 11.2 Å². The first-order chi connectivity index (χ1) is 21.3. The van der Waals surface area contributed by atoms with Crippen molar-refractivity contribution in [2.45, 2.75) is 134 Å². The number of imidazole rings is 1. The Hall–Kier alpha value is -2.35. The number of carbonyl (C=O) groups excluding carboxylic acids is 1. The molecule has 10 nitrogen and oxygen atoms in total. The van der Waals surface area contributed by atoms with Crippen LogP contribution in [0.3, 0.4) is 0 Å². The van der Waals surface area contributed by atoms with Gasteiger partial charge in [0.25, 0.3) is 0 Å². The third-order valence-electron chi connectivity index (χ3n) is 7.21. The number of nitrogens with zero attached hydrogens (tertiary/aromatic N) is 4.